The molecule has 1 aromatic rings. The summed E-state index contributed by atoms with van der Waals surface area (Å²) >= 11 is 3.41. The van der Waals surface area contributed by atoms with Crippen molar-refractivity contribution in [3.8, 4) is 5.75 Å². The molecular weight excluding hydrogens is 282 g/mol. The Kier molecular flexibility index (Phi) is 4.42. The van der Waals surface area contributed by atoms with E-state index in [-0.39, 0.29) is 12.0 Å². The molecule has 0 aromatic heterocycles. The Labute approximate surface area is 110 Å². The third-order valence-corrected chi connectivity index (χ3v) is 3.86. The van der Waals surface area contributed by atoms with Crippen molar-refractivity contribution in [3.05, 3.63) is 28.7 Å². The number of rotatable bonds is 5. The second-order valence-corrected chi connectivity index (χ2v) is 5.56. The molecule has 0 saturated carbocycles. The third-order valence-electron chi connectivity index (χ3n) is 3.36. The number of hydrogen-bond donors (Lipinski definition) is 2. The van der Waals surface area contributed by atoms with Gasteiger partial charge in [-0.05, 0) is 37.6 Å². The largest absolute Gasteiger partial charge is 0.494 e. The van der Waals surface area contributed by atoms with Gasteiger partial charge in [0, 0.05) is 16.4 Å². The quantitative estimate of drug-likeness (QED) is 0.876. The molecule has 1 saturated heterocycles. The Morgan fingerprint density at radius 3 is 3.00 bits per heavy atom. The SMILES string of the molecule is OCC1(CCOc2cccc(Br)c2)CCNC1. The van der Waals surface area contributed by atoms with Crippen LogP contribution >= 0.6 is 15.9 Å². The standard InChI is InChI=1S/C13H18BrNO2/c14-11-2-1-3-12(8-11)17-7-5-13(10-16)4-6-15-9-13/h1-3,8,15-16H,4-7,9-10H2. The normalized spacial score (nSPS) is 23.9. The van der Waals surface area contributed by atoms with Crippen LogP contribution in [-0.2, 0) is 0 Å². The lowest BCUT2D eigenvalue weighted by Gasteiger charge is -2.25. The average Bonchev–Trinajstić information content (AvgIpc) is 2.79. The fourth-order valence-corrected chi connectivity index (χ4v) is 2.54. The number of benzene rings is 1. The first-order valence-electron chi connectivity index (χ1n) is 5.94. The van der Waals surface area contributed by atoms with Crippen molar-refractivity contribution < 1.29 is 9.84 Å². The minimum atomic E-state index is 0.0199. The van der Waals surface area contributed by atoms with E-state index < -0.39 is 0 Å². The van der Waals surface area contributed by atoms with Gasteiger partial charge in [0.2, 0.25) is 0 Å². The first-order valence-corrected chi connectivity index (χ1v) is 6.73. The highest BCUT2D eigenvalue weighted by atomic mass is 79.9. The summed E-state index contributed by atoms with van der Waals surface area (Å²) in [5.74, 6) is 0.874. The van der Waals surface area contributed by atoms with Crippen LogP contribution in [0.1, 0.15) is 12.8 Å². The van der Waals surface area contributed by atoms with E-state index >= 15 is 0 Å². The van der Waals surface area contributed by atoms with E-state index in [1.165, 1.54) is 0 Å². The molecular formula is C13H18BrNO2. The number of aliphatic hydroxyl groups excluding tert-OH is 1. The number of halogens is 1. The molecule has 94 valence electrons. The lowest BCUT2D eigenvalue weighted by molar-refractivity contribution is 0.112. The van der Waals surface area contributed by atoms with Crippen LogP contribution in [-0.4, -0.2) is 31.4 Å². The molecule has 0 radical (unpaired) electrons. The zero-order valence-corrected chi connectivity index (χ0v) is 11.4. The predicted octanol–water partition coefficient (Wildman–Crippen LogP) is 2.19. The monoisotopic (exact) mass is 299 g/mol. The summed E-state index contributed by atoms with van der Waals surface area (Å²) in [5, 5.41) is 12.8. The third kappa shape index (κ3) is 3.44. The fourth-order valence-electron chi connectivity index (χ4n) is 2.17. The highest BCUT2D eigenvalue weighted by Gasteiger charge is 2.32. The van der Waals surface area contributed by atoms with E-state index in [1.807, 2.05) is 24.3 Å². The van der Waals surface area contributed by atoms with Crippen LogP contribution in [0.5, 0.6) is 5.75 Å². The number of nitrogens with one attached hydrogen (secondary N) is 1. The summed E-state index contributed by atoms with van der Waals surface area (Å²) in [7, 11) is 0. The first kappa shape index (κ1) is 12.9. The molecule has 1 aromatic carbocycles. The molecule has 0 spiro atoms. The topological polar surface area (TPSA) is 41.5 Å². The van der Waals surface area contributed by atoms with Crippen molar-refractivity contribution in [2.75, 3.05) is 26.3 Å². The van der Waals surface area contributed by atoms with Crippen LogP contribution in [0.4, 0.5) is 0 Å². The average molecular weight is 300 g/mol. The van der Waals surface area contributed by atoms with Crippen LogP contribution in [0.25, 0.3) is 0 Å². The van der Waals surface area contributed by atoms with Crippen LogP contribution in [0, 0.1) is 5.41 Å². The van der Waals surface area contributed by atoms with Crippen molar-refractivity contribution in [2.24, 2.45) is 5.41 Å². The molecule has 0 bridgehead atoms. The van der Waals surface area contributed by atoms with Gasteiger partial charge in [-0.3, -0.25) is 0 Å². The Morgan fingerprint density at radius 1 is 1.47 bits per heavy atom. The molecule has 4 heteroatoms. The minimum Gasteiger partial charge on any atom is -0.494 e. The first-order chi connectivity index (χ1) is 8.24. The number of aliphatic hydroxyl groups is 1. The molecule has 2 rings (SSSR count). The molecule has 1 atom stereocenters. The zero-order chi connectivity index (χ0) is 12.1. The van der Waals surface area contributed by atoms with Gasteiger partial charge in [0.1, 0.15) is 5.75 Å². The lowest BCUT2D eigenvalue weighted by Crippen LogP contribution is -2.30. The Bertz CT molecular complexity index is 364. The predicted molar refractivity (Wildman–Crippen MR) is 71.3 cm³/mol. The van der Waals surface area contributed by atoms with E-state index in [0.29, 0.717) is 6.61 Å². The van der Waals surface area contributed by atoms with E-state index in [0.717, 1.165) is 36.2 Å². The highest BCUT2D eigenvalue weighted by molar-refractivity contribution is 9.10. The highest BCUT2D eigenvalue weighted by Crippen LogP contribution is 2.29. The van der Waals surface area contributed by atoms with Gasteiger partial charge in [-0.2, -0.15) is 0 Å². The molecule has 1 fully saturated rings. The second kappa shape index (κ2) is 5.85. The molecule has 3 nitrogen and oxygen atoms in total. The summed E-state index contributed by atoms with van der Waals surface area (Å²) in [6.45, 7) is 2.78. The zero-order valence-electron chi connectivity index (χ0n) is 9.79. The van der Waals surface area contributed by atoms with Crippen molar-refractivity contribution in [1.29, 1.82) is 0 Å². The summed E-state index contributed by atoms with van der Waals surface area (Å²) in [5.41, 5.74) is 0.0199. The molecule has 1 unspecified atom stereocenters. The Hall–Kier alpha value is -0.580. The van der Waals surface area contributed by atoms with Gasteiger partial charge in [0.15, 0.2) is 0 Å². The van der Waals surface area contributed by atoms with E-state index in [9.17, 15) is 5.11 Å². The van der Waals surface area contributed by atoms with Gasteiger partial charge >= 0.3 is 0 Å². The van der Waals surface area contributed by atoms with Gasteiger partial charge in [-0.15, -0.1) is 0 Å². The van der Waals surface area contributed by atoms with Gasteiger partial charge in [0.25, 0.3) is 0 Å². The molecule has 2 N–H and O–H groups in total. The van der Waals surface area contributed by atoms with Crippen LogP contribution < -0.4 is 10.1 Å². The summed E-state index contributed by atoms with van der Waals surface area (Å²) < 4.78 is 6.73. The van der Waals surface area contributed by atoms with Crippen molar-refractivity contribution in [2.45, 2.75) is 12.8 Å². The maximum absolute atomic E-state index is 9.45. The molecule has 1 heterocycles. The van der Waals surface area contributed by atoms with Crippen molar-refractivity contribution >= 4 is 15.9 Å². The van der Waals surface area contributed by atoms with Crippen LogP contribution in [0.2, 0.25) is 0 Å². The number of ether oxygens (including phenoxy) is 1. The van der Waals surface area contributed by atoms with Crippen molar-refractivity contribution in [1.82, 2.24) is 5.32 Å². The van der Waals surface area contributed by atoms with Crippen molar-refractivity contribution in [3.63, 3.8) is 0 Å². The summed E-state index contributed by atoms with van der Waals surface area (Å²) in [6.07, 6.45) is 1.92. The van der Waals surface area contributed by atoms with Gasteiger partial charge in [0.05, 0.1) is 13.2 Å². The van der Waals surface area contributed by atoms with E-state index in [4.69, 9.17) is 4.74 Å². The summed E-state index contributed by atoms with van der Waals surface area (Å²) in [6, 6.07) is 7.84. The van der Waals surface area contributed by atoms with Crippen LogP contribution in [0.3, 0.4) is 0 Å². The maximum Gasteiger partial charge on any atom is 0.120 e. The molecule has 0 amide bonds. The fraction of sp³-hybridized carbons (Fsp3) is 0.538. The minimum absolute atomic E-state index is 0.0199. The molecule has 1 aliphatic rings. The van der Waals surface area contributed by atoms with Gasteiger partial charge < -0.3 is 15.2 Å². The Morgan fingerprint density at radius 2 is 2.35 bits per heavy atom. The maximum atomic E-state index is 9.45. The van der Waals surface area contributed by atoms with E-state index in [1.54, 1.807) is 0 Å². The van der Waals surface area contributed by atoms with Gasteiger partial charge in [-0.1, -0.05) is 22.0 Å². The lowest BCUT2D eigenvalue weighted by atomic mass is 9.85. The smallest absolute Gasteiger partial charge is 0.120 e. The second-order valence-electron chi connectivity index (χ2n) is 4.64. The van der Waals surface area contributed by atoms with Gasteiger partial charge in [-0.25, -0.2) is 0 Å². The number of hydrogen-bond acceptors (Lipinski definition) is 3. The summed E-state index contributed by atoms with van der Waals surface area (Å²) in [4.78, 5) is 0. The molecule has 17 heavy (non-hydrogen) atoms. The van der Waals surface area contributed by atoms with Crippen LogP contribution in [0.15, 0.2) is 28.7 Å². The molecule has 0 aliphatic carbocycles. The molecule has 1 aliphatic heterocycles. The Balaban J connectivity index is 1.82. The van der Waals surface area contributed by atoms with E-state index in [2.05, 4.69) is 21.2 Å².